The molecule has 0 spiro atoms. The maximum atomic E-state index is 8.19. The molecule has 3 heteroatoms. The summed E-state index contributed by atoms with van der Waals surface area (Å²) < 4.78 is 5.31. The van der Waals surface area contributed by atoms with Gasteiger partial charge in [-0.05, 0) is 5.56 Å². The molecule has 2 rings (SSSR count). The normalized spacial score (nSPS) is 18.9. The zero-order valence-corrected chi connectivity index (χ0v) is 10.4. The Morgan fingerprint density at radius 3 is 2.59 bits per heavy atom. The van der Waals surface area contributed by atoms with Gasteiger partial charge < -0.3 is 10.1 Å². The van der Waals surface area contributed by atoms with Gasteiger partial charge in [0.1, 0.15) is 0 Å². The summed E-state index contributed by atoms with van der Waals surface area (Å²) in [5.74, 6) is 0.207. The van der Waals surface area contributed by atoms with Crippen molar-refractivity contribution in [2.24, 2.45) is 0 Å². The van der Waals surface area contributed by atoms with E-state index in [2.05, 4.69) is 24.0 Å². The summed E-state index contributed by atoms with van der Waals surface area (Å²) in [6.07, 6.45) is 0. The molecule has 1 aliphatic heterocycles. The molecule has 1 aromatic carbocycles. The molecule has 1 aromatic rings. The minimum Gasteiger partial charge on any atom is -0.379 e. The van der Waals surface area contributed by atoms with Gasteiger partial charge in [-0.1, -0.05) is 37.3 Å². The van der Waals surface area contributed by atoms with Crippen molar-refractivity contribution in [2.45, 2.75) is 12.8 Å². The number of benzene rings is 1. The van der Waals surface area contributed by atoms with Crippen molar-refractivity contribution >= 4 is 5.71 Å². The van der Waals surface area contributed by atoms with Gasteiger partial charge in [0.2, 0.25) is 0 Å². The molecule has 0 aliphatic carbocycles. The predicted octanol–water partition coefficient (Wildman–Crippen LogP) is 2.14. The molecule has 0 aromatic heterocycles. The van der Waals surface area contributed by atoms with E-state index in [9.17, 15) is 0 Å². The third-order valence-corrected chi connectivity index (χ3v) is 3.32. The monoisotopic (exact) mass is 232 g/mol. The molecule has 1 atom stereocenters. The largest absolute Gasteiger partial charge is 0.379 e. The van der Waals surface area contributed by atoms with Crippen LogP contribution >= 0.6 is 0 Å². The second kappa shape index (κ2) is 5.94. The second-order valence-electron chi connectivity index (χ2n) is 4.55. The molecular formula is C14H20N2O. The van der Waals surface area contributed by atoms with Gasteiger partial charge in [-0.25, -0.2) is 0 Å². The highest BCUT2D eigenvalue weighted by Gasteiger charge is 2.16. The Morgan fingerprint density at radius 1 is 1.29 bits per heavy atom. The van der Waals surface area contributed by atoms with Crippen LogP contribution in [-0.4, -0.2) is 43.5 Å². The number of nitrogens with zero attached hydrogens (tertiary/aromatic N) is 1. The fourth-order valence-electron chi connectivity index (χ4n) is 2.08. The highest BCUT2D eigenvalue weighted by Crippen LogP contribution is 2.16. The maximum absolute atomic E-state index is 8.19. The van der Waals surface area contributed by atoms with Crippen LogP contribution < -0.4 is 0 Å². The first-order chi connectivity index (χ1) is 8.27. The minimum absolute atomic E-state index is 0.207. The zero-order valence-electron chi connectivity index (χ0n) is 10.4. The van der Waals surface area contributed by atoms with Gasteiger partial charge in [0.15, 0.2) is 0 Å². The molecule has 1 fully saturated rings. The summed E-state index contributed by atoms with van der Waals surface area (Å²) in [5, 5.41) is 8.19. The third kappa shape index (κ3) is 3.38. The SMILES string of the molecule is CC(C(=N)CN1CCOCC1)c1ccccc1. The molecule has 1 aliphatic rings. The highest BCUT2D eigenvalue weighted by atomic mass is 16.5. The summed E-state index contributed by atoms with van der Waals surface area (Å²) in [7, 11) is 0. The minimum atomic E-state index is 0.207. The van der Waals surface area contributed by atoms with Crippen LogP contribution in [0.4, 0.5) is 0 Å². The number of hydrogen-bond donors (Lipinski definition) is 1. The van der Waals surface area contributed by atoms with E-state index in [4.69, 9.17) is 10.1 Å². The van der Waals surface area contributed by atoms with Gasteiger partial charge in [0.25, 0.3) is 0 Å². The van der Waals surface area contributed by atoms with Crippen LogP contribution in [0.15, 0.2) is 30.3 Å². The molecule has 0 saturated carbocycles. The molecule has 1 heterocycles. The van der Waals surface area contributed by atoms with E-state index in [-0.39, 0.29) is 5.92 Å². The lowest BCUT2D eigenvalue weighted by atomic mass is 9.96. The molecular weight excluding hydrogens is 212 g/mol. The van der Waals surface area contributed by atoms with E-state index in [1.807, 2.05) is 18.2 Å². The van der Waals surface area contributed by atoms with E-state index in [0.717, 1.165) is 38.6 Å². The fraction of sp³-hybridized carbons (Fsp3) is 0.500. The van der Waals surface area contributed by atoms with Crippen molar-refractivity contribution in [3.05, 3.63) is 35.9 Å². The first kappa shape index (κ1) is 12.3. The fourth-order valence-corrected chi connectivity index (χ4v) is 2.08. The third-order valence-electron chi connectivity index (χ3n) is 3.32. The molecule has 1 saturated heterocycles. The van der Waals surface area contributed by atoms with Crippen molar-refractivity contribution in [1.29, 1.82) is 5.41 Å². The Labute approximate surface area is 103 Å². The Bertz CT molecular complexity index is 358. The Hall–Kier alpha value is -1.19. The highest BCUT2D eigenvalue weighted by molar-refractivity contribution is 5.89. The Morgan fingerprint density at radius 2 is 1.94 bits per heavy atom. The first-order valence-corrected chi connectivity index (χ1v) is 6.19. The van der Waals surface area contributed by atoms with E-state index in [1.54, 1.807) is 0 Å². The van der Waals surface area contributed by atoms with Crippen LogP contribution in [0.1, 0.15) is 18.4 Å². The van der Waals surface area contributed by atoms with Crippen LogP contribution in [-0.2, 0) is 4.74 Å². The molecule has 1 N–H and O–H groups in total. The summed E-state index contributed by atoms with van der Waals surface area (Å²) in [5.41, 5.74) is 2.02. The molecule has 92 valence electrons. The lowest BCUT2D eigenvalue weighted by Gasteiger charge is -2.28. The van der Waals surface area contributed by atoms with Crippen molar-refractivity contribution in [3.8, 4) is 0 Å². The van der Waals surface area contributed by atoms with Gasteiger partial charge in [0, 0.05) is 31.3 Å². The summed E-state index contributed by atoms with van der Waals surface area (Å²) >= 11 is 0. The number of hydrogen-bond acceptors (Lipinski definition) is 3. The molecule has 0 radical (unpaired) electrons. The molecule has 0 bridgehead atoms. The topological polar surface area (TPSA) is 36.3 Å². The van der Waals surface area contributed by atoms with Gasteiger partial charge in [-0.15, -0.1) is 0 Å². The number of morpholine rings is 1. The first-order valence-electron chi connectivity index (χ1n) is 6.19. The van der Waals surface area contributed by atoms with E-state index in [1.165, 1.54) is 5.56 Å². The van der Waals surface area contributed by atoms with E-state index < -0.39 is 0 Å². The molecule has 17 heavy (non-hydrogen) atoms. The van der Waals surface area contributed by atoms with E-state index in [0.29, 0.717) is 0 Å². The summed E-state index contributed by atoms with van der Waals surface area (Å²) in [6.45, 7) is 6.37. The van der Waals surface area contributed by atoms with E-state index >= 15 is 0 Å². The van der Waals surface area contributed by atoms with Gasteiger partial charge in [-0.3, -0.25) is 4.90 Å². The average molecular weight is 232 g/mol. The maximum Gasteiger partial charge on any atom is 0.0594 e. The van der Waals surface area contributed by atoms with Gasteiger partial charge in [-0.2, -0.15) is 0 Å². The average Bonchev–Trinajstić information content (AvgIpc) is 2.40. The number of rotatable bonds is 4. The quantitative estimate of drug-likeness (QED) is 0.807. The summed E-state index contributed by atoms with van der Waals surface area (Å²) in [4.78, 5) is 2.30. The Kier molecular flexibility index (Phi) is 4.29. The van der Waals surface area contributed by atoms with Crippen molar-refractivity contribution in [3.63, 3.8) is 0 Å². The van der Waals surface area contributed by atoms with Gasteiger partial charge in [0.05, 0.1) is 13.2 Å². The zero-order chi connectivity index (χ0) is 12.1. The van der Waals surface area contributed by atoms with Crippen molar-refractivity contribution in [1.82, 2.24) is 4.90 Å². The summed E-state index contributed by atoms with van der Waals surface area (Å²) in [6, 6.07) is 10.3. The second-order valence-corrected chi connectivity index (χ2v) is 4.55. The van der Waals surface area contributed by atoms with Crippen molar-refractivity contribution in [2.75, 3.05) is 32.8 Å². The van der Waals surface area contributed by atoms with Crippen molar-refractivity contribution < 1.29 is 4.74 Å². The Balaban J connectivity index is 1.91. The number of ether oxygens (including phenoxy) is 1. The number of nitrogens with one attached hydrogen (secondary N) is 1. The molecule has 3 nitrogen and oxygen atoms in total. The lowest BCUT2D eigenvalue weighted by Crippen LogP contribution is -2.40. The van der Waals surface area contributed by atoms with Crippen LogP contribution in [0.2, 0.25) is 0 Å². The predicted molar refractivity (Wildman–Crippen MR) is 69.8 cm³/mol. The standard InChI is InChI=1S/C14H20N2O/c1-12(13-5-3-2-4-6-13)14(15)11-16-7-9-17-10-8-16/h2-6,12,15H,7-11H2,1H3. The lowest BCUT2D eigenvalue weighted by molar-refractivity contribution is 0.0449. The van der Waals surface area contributed by atoms with Gasteiger partial charge >= 0.3 is 0 Å². The van der Waals surface area contributed by atoms with Crippen LogP contribution in [0, 0.1) is 5.41 Å². The van der Waals surface area contributed by atoms with Crippen LogP contribution in [0.25, 0.3) is 0 Å². The van der Waals surface area contributed by atoms with Crippen LogP contribution in [0.3, 0.4) is 0 Å². The molecule has 1 unspecified atom stereocenters. The van der Waals surface area contributed by atoms with Crippen LogP contribution in [0.5, 0.6) is 0 Å². The smallest absolute Gasteiger partial charge is 0.0594 e. The molecule has 0 amide bonds.